The van der Waals surface area contributed by atoms with Crippen molar-refractivity contribution >= 4 is 23.4 Å². The third-order valence-corrected chi connectivity index (χ3v) is 3.16. The molecule has 1 fully saturated rings. The Hall–Kier alpha value is -2.57. The fourth-order valence-corrected chi connectivity index (χ4v) is 2.00. The summed E-state index contributed by atoms with van der Waals surface area (Å²) in [7, 11) is 2.81. The highest BCUT2D eigenvalue weighted by Gasteiger charge is 2.37. The molecule has 0 aliphatic carbocycles. The Morgan fingerprint density at radius 1 is 1.45 bits per heavy atom. The van der Waals surface area contributed by atoms with Gasteiger partial charge in [0.1, 0.15) is 11.8 Å². The van der Waals surface area contributed by atoms with Crippen LogP contribution in [0.3, 0.4) is 0 Å². The van der Waals surface area contributed by atoms with Crippen LogP contribution >= 0.6 is 0 Å². The average molecular weight is 277 g/mol. The van der Waals surface area contributed by atoms with Gasteiger partial charge in [-0.15, -0.1) is 0 Å². The zero-order valence-electron chi connectivity index (χ0n) is 11.2. The molecule has 0 aromatic heterocycles. The molecule has 0 saturated carbocycles. The monoisotopic (exact) mass is 277 g/mol. The molecule has 3 amide bonds. The lowest BCUT2D eigenvalue weighted by Gasteiger charge is -2.13. The minimum Gasteiger partial charge on any atom is -0.496 e. The van der Waals surface area contributed by atoms with Crippen LogP contribution in [0, 0.1) is 0 Å². The van der Waals surface area contributed by atoms with Crippen LogP contribution in [0.25, 0.3) is 0 Å². The molecule has 1 atom stereocenters. The van der Waals surface area contributed by atoms with E-state index < -0.39 is 17.9 Å². The van der Waals surface area contributed by atoms with Crippen molar-refractivity contribution in [1.82, 2.24) is 10.2 Å². The van der Waals surface area contributed by atoms with E-state index >= 15 is 0 Å². The molecule has 1 aliphatic heterocycles. The van der Waals surface area contributed by atoms with Crippen LogP contribution in [0.1, 0.15) is 16.8 Å². The first-order valence-corrected chi connectivity index (χ1v) is 5.99. The average Bonchev–Trinajstić information content (AvgIpc) is 2.66. The van der Waals surface area contributed by atoms with Crippen LogP contribution < -0.4 is 15.8 Å². The van der Waals surface area contributed by atoms with Gasteiger partial charge in [0.2, 0.25) is 5.91 Å². The molecule has 0 bridgehead atoms. The number of carbonyl (C=O) groups is 3. The summed E-state index contributed by atoms with van der Waals surface area (Å²) in [5.74, 6) is -0.904. The van der Waals surface area contributed by atoms with E-state index in [0.29, 0.717) is 11.4 Å². The molecule has 20 heavy (non-hydrogen) atoms. The number of nitrogens with zero attached hydrogens (tertiary/aromatic N) is 1. The van der Waals surface area contributed by atoms with E-state index in [2.05, 4.69) is 5.32 Å². The third kappa shape index (κ3) is 2.42. The molecule has 7 heteroatoms. The number of benzene rings is 1. The van der Waals surface area contributed by atoms with E-state index in [-0.39, 0.29) is 17.9 Å². The van der Waals surface area contributed by atoms with Gasteiger partial charge >= 0.3 is 0 Å². The lowest BCUT2D eigenvalue weighted by atomic mass is 10.1. The molecule has 1 aromatic carbocycles. The van der Waals surface area contributed by atoms with Crippen molar-refractivity contribution in [2.45, 2.75) is 12.5 Å². The molecule has 7 nitrogen and oxygen atoms in total. The number of rotatable bonds is 3. The lowest BCUT2D eigenvalue weighted by Crippen LogP contribution is -2.40. The summed E-state index contributed by atoms with van der Waals surface area (Å²) in [5, 5.41) is 2.53. The Morgan fingerprint density at radius 2 is 2.15 bits per heavy atom. The number of hydrogen-bond acceptors (Lipinski definition) is 5. The van der Waals surface area contributed by atoms with Crippen molar-refractivity contribution in [2.75, 3.05) is 19.9 Å². The molecule has 0 radical (unpaired) electrons. The zero-order chi connectivity index (χ0) is 14.9. The molecule has 3 N–H and O–H groups in total. The highest BCUT2D eigenvalue weighted by molar-refractivity contribution is 6.08. The largest absolute Gasteiger partial charge is 0.496 e. The summed E-state index contributed by atoms with van der Waals surface area (Å²) in [6.45, 7) is 0. The number of nitrogens with one attached hydrogen (secondary N) is 1. The van der Waals surface area contributed by atoms with Crippen molar-refractivity contribution < 1.29 is 19.1 Å². The molecule has 2 rings (SSSR count). The van der Waals surface area contributed by atoms with Gasteiger partial charge in [-0.3, -0.25) is 19.3 Å². The maximum Gasteiger partial charge on any atom is 0.255 e. The maximum absolute atomic E-state index is 12.1. The number of likely N-dealkylation sites (N-methyl/N-ethyl adjacent to an activating group) is 1. The fraction of sp³-hybridized carbons (Fsp3) is 0.308. The minimum atomic E-state index is -0.831. The Labute approximate surface area is 115 Å². The molecule has 1 aliphatic rings. The summed E-state index contributed by atoms with van der Waals surface area (Å²) in [4.78, 5) is 36.3. The molecule has 1 aromatic rings. The number of amides is 3. The summed E-state index contributed by atoms with van der Waals surface area (Å²) in [6, 6.07) is 3.75. The van der Waals surface area contributed by atoms with Crippen LogP contribution in [-0.2, 0) is 9.59 Å². The number of nitrogen functional groups attached to an aromatic ring is 1. The Kier molecular flexibility index (Phi) is 3.60. The molecule has 106 valence electrons. The van der Waals surface area contributed by atoms with Gasteiger partial charge in [0, 0.05) is 18.8 Å². The minimum absolute atomic E-state index is 0.0294. The van der Waals surface area contributed by atoms with Crippen molar-refractivity contribution in [1.29, 1.82) is 0 Å². The summed E-state index contributed by atoms with van der Waals surface area (Å²) >= 11 is 0. The number of methoxy groups -OCH3 is 1. The topological polar surface area (TPSA) is 102 Å². The molecule has 1 unspecified atom stereocenters. The Morgan fingerprint density at radius 3 is 2.70 bits per heavy atom. The number of nitrogens with two attached hydrogens (primary N) is 1. The van der Waals surface area contributed by atoms with Gasteiger partial charge in [-0.25, -0.2) is 0 Å². The standard InChI is InChI=1S/C13H15N3O4/c1-16-11(17)6-9(13(16)19)15-12(18)8-4-3-7(14)5-10(8)20-2/h3-5,9H,6,14H2,1-2H3,(H,15,18). The van der Waals surface area contributed by atoms with Crippen LogP contribution in [0.15, 0.2) is 18.2 Å². The van der Waals surface area contributed by atoms with Crippen LogP contribution in [0.5, 0.6) is 5.75 Å². The second-order valence-corrected chi connectivity index (χ2v) is 4.48. The highest BCUT2D eigenvalue weighted by Crippen LogP contribution is 2.22. The van der Waals surface area contributed by atoms with Gasteiger partial charge in [0.25, 0.3) is 11.8 Å². The van der Waals surface area contributed by atoms with Gasteiger partial charge in [-0.05, 0) is 12.1 Å². The van der Waals surface area contributed by atoms with Crippen LogP contribution in [0.4, 0.5) is 5.69 Å². The first-order chi connectivity index (χ1) is 9.43. The van der Waals surface area contributed by atoms with Gasteiger partial charge in [0.05, 0.1) is 19.1 Å². The SMILES string of the molecule is COc1cc(N)ccc1C(=O)NC1CC(=O)N(C)C1=O. The molecule has 1 heterocycles. The number of hydrogen-bond donors (Lipinski definition) is 2. The first kappa shape index (κ1) is 13.9. The highest BCUT2D eigenvalue weighted by atomic mass is 16.5. The lowest BCUT2D eigenvalue weighted by molar-refractivity contribution is -0.137. The van der Waals surface area contributed by atoms with Crippen LogP contribution in [-0.4, -0.2) is 42.8 Å². The van der Waals surface area contributed by atoms with Crippen LogP contribution in [0.2, 0.25) is 0 Å². The normalized spacial score (nSPS) is 18.3. The van der Waals surface area contributed by atoms with E-state index in [4.69, 9.17) is 10.5 Å². The van der Waals surface area contributed by atoms with Gasteiger partial charge < -0.3 is 15.8 Å². The quantitative estimate of drug-likeness (QED) is 0.586. The van der Waals surface area contributed by atoms with Crippen molar-refractivity contribution in [3.05, 3.63) is 23.8 Å². The van der Waals surface area contributed by atoms with E-state index in [1.165, 1.54) is 26.3 Å². The second kappa shape index (κ2) is 5.20. The van der Waals surface area contributed by atoms with Gasteiger partial charge in [-0.2, -0.15) is 0 Å². The molecular formula is C13H15N3O4. The Balaban J connectivity index is 2.17. The maximum atomic E-state index is 12.1. The fourth-order valence-electron chi connectivity index (χ4n) is 2.00. The Bertz CT molecular complexity index is 585. The molecule has 1 saturated heterocycles. The zero-order valence-corrected chi connectivity index (χ0v) is 11.2. The second-order valence-electron chi connectivity index (χ2n) is 4.48. The molecular weight excluding hydrogens is 262 g/mol. The van der Waals surface area contributed by atoms with E-state index in [0.717, 1.165) is 4.90 Å². The smallest absolute Gasteiger partial charge is 0.255 e. The predicted molar refractivity (Wildman–Crippen MR) is 71.1 cm³/mol. The summed E-state index contributed by atoms with van der Waals surface area (Å²) in [6.07, 6.45) is -0.0294. The summed E-state index contributed by atoms with van der Waals surface area (Å²) < 4.78 is 5.08. The van der Waals surface area contributed by atoms with Gasteiger partial charge in [-0.1, -0.05) is 0 Å². The summed E-state index contributed by atoms with van der Waals surface area (Å²) in [5.41, 5.74) is 6.33. The van der Waals surface area contributed by atoms with E-state index in [1.54, 1.807) is 6.07 Å². The third-order valence-electron chi connectivity index (χ3n) is 3.16. The van der Waals surface area contributed by atoms with Gasteiger partial charge in [0.15, 0.2) is 0 Å². The van der Waals surface area contributed by atoms with E-state index in [1.807, 2.05) is 0 Å². The number of likely N-dealkylation sites (tertiary alicyclic amines) is 1. The number of ether oxygens (including phenoxy) is 1. The number of imide groups is 1. The van der Waals surface area contributed by atoms with Crippen molar-refractivity contribution in [3.8, 4) is 5.75 Å². The van der Waals surface area contributed by atoms with Crippen molar-refractivity contribution in [3.63, 3.8) is 0 Å². The van der Waals surface area contributed by atoms with E-state index in [9.17, 15) is 14.4 Å². The first-order valence-electron chi connectivity index (χ1n) is 5.99. The predicted octanol–water partition coefficient (Wildman–Crippen LogP) is -0.235. The number of carbonyl (C=O) groups excluding carboxylic acids is 3. The number of anilines is 1. The van der Waals surface area contributed by atoms with Crippen molar-refractivity contribution in [2.24, 2.45) is 0 Å². The molecule has 0 spiro atoms.